The Morgan fingerprint density at radius 2 is 1.76 bits per heavy atom. The van der Waals surface area contributed by atoms with E-state index in [-0.39, 0.29) is 24.0 Å². The van der Waals surface area contributed by atoms with Gasteiger partial charge in [0.2, 0.25) is 10.0 Å². The van der Waals surface area contributed by atoms with Crippen LogP contribution in [0.25, 0.3) is 0 Å². The van der Waals surface area contributed by atoms with Crippen molar-refractivity contribution in [3.8, 4) is 0 Å². The molecule has 0 saturated carbocycles. The summed E-state index contributed by atoms with van der Waals surface area (Å²) in [7, 11) is -3.65. The smallest absolute Gasteiger partial charge is 0.321 e. The van der Waals surface area contributed by atoms with E-state index in [0.29, 0.717) is 0 Å². The van der Waals surface area contributed by atoms with E-state index in [1.165, 1.54) is 0 Å². The monoisotopic (exact) mass is 313 g/mol. The van der Waals surface area contributed by atoms with Crippen LogP contribution in [0, 0.1) is 5.92 Å². The van der Waals surface area contributed by atoms with Gasteiger partial charge in [0.1, 0.15) is 6.04 Å². The van der Waals surface area contributed by atoms with E-state index >= 15 is 0 Å². The average Bonchev–Trinajstić information content (AvgIpc) is 2.37. The maximum absolute atomic E-state index is 12.1. The fraction of sp³-hybridized carbons (Fsp3) is 0.533. The minimum absolute atomic E-state index is 0.0975. The number of carboxylic acid groups (broad SMARTS) is 1. The largest absolute Gasteiger partial charge is 0.480 e. The van der Waals surface area contributed by atoms with Crippen LogP contribution in [0.1, 0.15) is 38.7 Å². The van der Waals surface area contributed by atoms with Gasteiger partial charge in [0.25, 0.3) is 0 Å². The molecule has 2 N–H and O–H groups in total. The zero-order valence-electron chi connectivity index (χ0n) is 12.6. The Hall–Kier alpha value is -1.40. The van der Waals surface area contributed by atoms with Crippen molar-refractivity contribution in [1.29, 1.82) is 0 Å². The SMILES string of the molecule is CC(C)C[C@@H](NS(=O)(=O)CC(C)c1ccccc1)C(=O)O. The Morgan fingerprint density at radius 1 is 1.19 bits per heavy atom. The number of carboxylic acids is 1. The summed E-state index contributed by atoms with van der Waals surface area (Å²) >= 11 is 0. The summed E-state index contributed by atoms with van der Waals surface area (Å²) in [6.45, 7) is 5.53. The summed E-state index contributed by atoms with van der Waals surface area (Å²) < 4.78 is 26.6. The Morgan fingerprint density at radius 3 is 2.24 bits per heavy atom. The second-order valence-corrected chi connectivity index (χ2v) is 7.53. The molecule has 0 spiro atoms. The number of rotatable bonds is 8. The van der Waals surface area contributed by atoms with E-state index in [1.54, 1.807) is 0 Å². The van der Waals surface area contributed by atoms with Crippen LogP contribution in [0.15, 0.2) is 30.3 Å². The van der Waals surface area contributed by atoms with E-state index in [1.807, 2.05) is 51.1 Å². The van der Waals surface area contributed by atoms with Gasteiger partial charge in [0.15, 0.2) is 0 Å². The Kier molecular flexibility index (Phi) is 6.36. The van der Waals surface area contributed by atoms with Gasteiger partial charge in [0.05, 0.1) is 5.75 Å². The molecule has 1 rings (SSSR count). The number of aliphatic carboxylic acids is 1. The summed E-state index contributed by atoms with van der Waals surface area (Å²) in [5.41, 5.74) is 0.915. The zero-order chi connectivity index (χ0) is 16.0. The van der Waals surface area contributed by atoms with Crippen LogP contribution in [-0.2, 0) is 14.8 Å². The first kappa shape index (κ1) is 17.7. The highest BCUT2D eigenvalue weighted by Crippen LogP contribution is 2.17. The Bertz CT molecular complexity index is 554. The number of hydrogen-bond donors (Lipinski definition) is 2. The number of carbonyl (C=O) groups is 1. The molecule has 5 nitrogen and oxygen atoms in total. The Labute approximate surface area is 126 Å². The van der Waals surface area contributed by atoms with Crippen LogP contribution in [0.5, 0.6) is 0 Å². The predicted molar refractivity (Wildman–Crippen MR) is 82.7 cm³/mol. The average molecular weight is 313 g/mol. The highest BCUT2D eigenvalue weighted by atomic mass is 32.2. The number of sulfonamides is 1. The summed E-state index contributed by atoms with van der Waals surface area (Å²) in [6, 6.07) is 8.23. The highest BCUT2D eigenvalue weighted by Gasteiger charge is 2.26. The second-order valence-electron chi connectivity index (χ2n) is 5.73. The van der Waals surface area contributed by atoms with Crippen molar-refractivity contribution >= 4 is 16.0 Å². The molecule has 6 heteroatoms. The van der Waals surface area contributed by atoms with Gasteiger partial charge in [-0.3, -0.25) is 4.79 Å². The lowest BCUT2D eigenvalue weighted by atomic mass is 10.0. The van der Waals surface area contributed by atoms with Crippen LogP contribution in [0.4, 0.5) is 0 Å². The predicted octanol–water partition coefficient (Wildman–Crippen LogP) is 2.21. The third-order valence-electron chi connectivity index (χ3n) is 3.17. The maximum atomic E-state index is 12.1. The van der Waals surface area contributed by atoms with Crippen molar-refractivity contribution in [2.75, 3.05) is 5.75 Å². The van der Waals surface area contributed by atoms with Crippen molar-refractivity contribution in [2.24, 2.45) is 5.92 Å². The summed E-state index contributed by atoms with van der Waals surface area (Å²) in [5, 5.41) is 9.11. The van der Waals surface area contributed by atoms with Crippen molar-refractivity contribution in [2.45, 2.75) is 39.2 Å². The molecule has 0 bridgehead atoms. The number of hydrogen-bond acceptors (Lipinski definition) is 3. The highest BCUT2D eigenvalue weighted by molar-refractivity contribution is 7.89. The molecule has 21 heavy (non-hydrogen) atoms. The molecule has 118 valence electrons. The molecule has 0 saturated heterocycles. The lowest BCUT2D eigenvalue weighted by Crippen LogP contribution is -2.43. The summed E-state index contributed by atoms with van der Waals surface area (Å²) in [5.74, 6) is -1.36. The van der Waals surface area contributed by atoms with Gasteiger partial charge in [0, 0.05) is 0 Å². The summed E-state index contributed by atoms with van der Waals surface area (Å²) in [4.78, 5) is 11.1. The van der Waals surface area contributed by atoms with Gasteiger partial charge in [-0.1, -0.05) is 51.1 Å². The molecule has 0 aliphatic carbocycles. The third-order valence-corrected chi connectivity index (χ3v) is 4.75. The molecule has 0 fully saturated rings. The van der Waals surface area contributed by atoms with E-state index in [0.717, 1.165) is 5.56 Å². The van der Waals surface area contributed by atoms with Crippen LogP contribution >= 0.6 is 0 Å². The molecule has 0 radical (unpaired) electrons. The normalized spacial score (nSPS) is 14.9. The van der Waals surface area contributed by atoms with Crippen LogP contribution in [-0.4, -0.2) is 31.3 Å². The molecule has 0 heterocycles. The minimum atomic E-state index is -3.65. The first-order valence-corrected chi connectivity index (χ1v) is 8.64. The van der Waals surface area contributed by atoms with Crippen molar-refractivity contribution < 1.29 is 18.3 Å². The van der Waals surface area contributed by atoms with Crippen LogP contribution < -0.4 is 4.72 Å². The molecule has 2 atom stereocenters. The quantitative estimate of drug-likeness (QED) is 0.771. The van der Waals surface area contributed by atoms with Crippen LogP contribution in [0.3, 0.4) is 0 Å². The molecule has 0 aliphatic heterocycles. The van der Waals surface area contributed by atoms with Crippen LogP contribution in [0.2, 0.25) is 0 Å². The molecule has 1 aromatic rings. The fourth-order valence-corrected chi connectivity index (χ4v) is 3.72. The van der Waals surface area contributed by atoms with E-state index < -0.39 is 22.0 Å². The number of nitrogens with one attached hydrogen (secondary N) is 1. The lowest BCUT2D eigenvalue weighted by molar-refractivity contribution is -0.139. The van der Waals surface area contributed by atoms with E-state index in [2.05, 4.69) is 4.72 Å². The van der Waals surface area contributed by atoms with E-state index in [4.69, 9.17) is 5.11 Å². The maximum Gasteiger partial charge on any atom is 0.321 e. The fourth-order valence-electron chi connectivity index (χ4n) is 2.14. The molecule has 0 aliphatic rings. The summed E-state index contributed by atoms with van der Waals surface area (Å²) in [6.07, 6.45) is 0.272. The van der Waals surface area contributed by atoms with Gasteiger partial charge in [-0.25, -0.2) is 13.1 Å². The minimum Gasteiger partial charge on any atom is -0.480 e. The number of benzene rings is 1. The molecule has 1 unspecified atom stereocenters. The van der Waals surface area contributed by atoms with Crippen molar-refractivity contribution in [3.05, 3.63) is 35.9 Å². The van der Waals surface area contributed by atoms with Gasteiger partial charge in [-0.05, 0) is 23.8 Å². The molecule has 1 aromatic carbocycles. The first-order chi connectivity index (χ1) is 9.71. The molecule has 0 aromatic heterocycles. The first-order valence-electron chi connectivity index (χ1n) is 6.99. The second kappa shape index (κ2) is 7.56. The van der Waals surface area contributed by atoms with Gasteiger partial charge in [-0.15, -0.1) is 0 Å². The topological polar surface area (TPSA) is 83.5 Å². The lowest BCUT2D eigenvalue weighted by Gasteiger charge is -2.18. The van der Waals surface area contributed by atoms with Gasteiger partial charge >= 0.3 is 5.97 Å². The van der Waals surface area contributed by atoms with E-state index in [9.17, 15) is 13.2 Å². The van der Waals surface area contributed by atoms with Crippen molar-refractivity contribution in [1.82, 2.24) is 4.72 Å². The zero-order valence-corrected chi connectivity index (χ0v) is 13.4. The standard InChI is InChI=1S/C15H23NO4S/c1-11(2)9-14(15(17)18)16-21(19,20)10-12(3)13-7-5-4-6-8-13/h4-8,11-12,14,16H,9-10H2,1-3H3,(H,17,18)/t12?,14-/m1/s1. The molecule has 0 amide bonds. The van der Waals surface area contributed by atoms with Gasteiger partial charge < -0.3 is 5.11 Å². The van der Waals surface area contributed by atoms with Gasteiger partial charge in [-0.2, -0.15) is 0 Å². The molecular formula is C15H23NO4S. The Balaban J connectivity index is 2.74. The molecular weight excluding hydrogens is 290 g/mol. The van der Waals surface area contributed by atoms with Crippen molar-refractivity contribution in [3.63, 3.8) is 0 Å². The third kappa shape index (κ3) is 6.27.